The largest absolute Gasteiger partial charge is 0.409 e. The van der Waals surface area contributed by atoms with Crippen LogP contribution in [0, 0.1) is 0 Å². The molecule has 0 spiro atoms. The van der Waals surface area contributed by atoms with Gasteiger partial charge in [0, 0.05) is 24.8 Å². The van der Waals surface area contributed by atoms with Crippen molar-refractivity contribution in [2.45, 2.75) is 9.79 Å². The first kappa shape index (κ1) is 14.2. The molecule has 0 amide bonds. The molecule has 3 nitrogen and oxygen atoms in total. The summed E-state index contributed by atoms with van der Waals surface area (Å²) in [6.07, 6.45) is 0. The third kappa shape index (κ3) is 3.65. The van der Waals surface area contributed by atoms with E-state index in [1.165, 1.54) is 0 Å². The van der Waals surface area contributed by atoms with Gasteiger partial charge in [-0.3, -0.25) is 0 Å². The molecule has 3 N–H and O–H groups in total. The zero-order chi connectivity index (χ0) is 13.8. The van der Waals surface area contributed by atoms with E-state index in [9.17, 15) is 0 Å². The predicted molar refractivity (Wildman–Crippen MR) is 82.2 cm³/mol. The predicted octanol–water partition coefficient (Wildman–Crippen LogP) is 4.35. The van der Waals surface area contributed by atoms with Crippen LogP contribution in [0.4, 0.5) is 0 Å². The van der Waals surface area contributed by atoms with E-state index in [-0.39, 0.29) is 5.84 Å². The molecule has 0 bridgehead atoms. The fraction of sp³-hybridized carbons (Fsp3) is 0. The van der Waals surface area contributed by atoms with Crippen molar-refractivity contribution in [1.29, 1.82) is 0 Å². The Balaban J connectivity index is 2.27. The van der Waals surface area contributed by atoms with Crippen LogP contribution in [0.1, 0.15) is 5.56 Å². The minimum Gasteiger partial charge on any atom is -0.409 e. The van der Waals surface area contributed by atoms with Crippen molar-refractivity contribution in [2.75, 3.05) is 0 Å². The molecule has 0 unspecified atom stereocenters. The molecule has 0 aliphatic rings. The normalized spacial score (nSPS) is 11.6. The van der Waals surface area contributed by atoms with Crippen LogP contribution in [0.3, 0.4) is 0 Å². The Morgan fingerprint density at radius 1 is 1.26 bits per heavy atom. The van der Waals surface area contributed by atoms with Gasteiger partial charge in [-0.1, -0.05) is 34.6 Å². The monoisotopic (exact) mass is 356 g/mol. The lowest BCUT2D eigenvalue weighted by molar-refractivity contribution is 0.318. The highest BCUT2D eigenvalue weighted by Crippen LogP contribution is 2.34. The van der Waals surface area contributed by atoms with Gasteiger partial charge in [-0.15, -0.1) is 0 Å². The molecule has 0 saturated heterocycles. The minimum atomic E-state index is 0.0833. The van der Waals surface area contributed by atoms with Crippen molar-refractivity contribution >= 4 is 45.1 Å². The van der Waals surface area contributed by atoms with Gasteiger partial charge in [0.25, 0.3) is 0 Å². The highest BCUT2D eigenvalue weighted by Gasteiger charge is 2.06. The number of benzene rings is 2. The number of hydrogen-bond acceptors (Lipinski definition) is 3. The summed E-state index contributed by atoms with van der Waals surface area (Å²) in [5, 5.41) is 12.3. The van der Waals surface area contributed by atoms with E-state index in [0.717, 1.165) is 14.3 Å². The number of oxime groups is 1. The number of nitrogens with two attached hydrogens (primary N) is 1. The van der Waals surface area contributed by atoms with Crippen molar-refractivity contribution in [3.63, 3.8) is 0 Å². The molecule has 0 atom stereocenters. The lowest BCUT2D eigenvalue weighted by Gasteiger charge is -2.07. The van der Waals surface area contributed by atoms with Gasteiger partial charge in [-0.25, -0.2) is 0 Å². The maximum atomic E-state index is 8.64. The Labute approximate surface area is 128 Å². The molecule has 0 aromatic heterocycles. The Morgan fingerprint density at radius 3 is 2.68 bits per heavy atom. The average Bonchev–Trinajstić information content (AvgIpc) is 2.40. The van der Waals surface area contributed by atoms with Crippen LogP contribution in [0.25, 0.3) is 0 Å². The van der Waals surface area contributed by atoms with Crippen molar-refractivity contribution in [1.82, 2.24) is 0 Å². The fourth-order valence-corrected chi connectivity index (χ4v) is 3.21. The maximum absolute atomic E-state index is 8.64. The van der Waals surface area contributed by atoms with Gasteiger partial charge in [0.15, 0.2) is 5.84 Å². The average molecular weight is 358 g/mol. The van der Waals surface area contributed by atoms with Crippen molar-refractivity contribution in [2.24, 2.45) is 10.9 Å². The van der Waals surface area contributed by atoms with Crippen LogP contribution in [-0.4, -0.2) is 11.0 Å². The van der Waals surface area contributed by atoms with Crippen molar-refractivity contribution < 1.29 is 5.21 Å². The fourth-order valence-electron chi connectivity index (χ4n) is 1.46. The van der Waals surface area contributed by atoms with Crippen molar-refractivity contribution in [3.8, 4) is 0 Å². The van der Waals surface area contributed by atoms with E-state index in [0.29, 0.717) is 10.6 Å². The topological polar surface area (TPSA) is 58.6 Å². The van der Waals surface area contributed by atoms with Gasteiger partial charge in [-0.2, -0.15) is 0 Å². The summed E-state index contributed by atoms with van der Waals surface area (Å²) in [6.45, 7) is 0. The van der Waals surface area contributed by atoms with Gasteiger partial charge >= 0.3 is 0 Å². The van der Waals surface area contributed by atoms with Crippen molar-refractivity contribution in [3.05, 3.63) is 57.5 Å². The third-order valence-corrected chi connectivity index (χ3v) is 4.58. The van der Waals surface area contributed by atoms with Crippen LogP contribution < -0.4 is 5.73 Å². The highest BCUT2D eigenvalue weighted by molar-refractivity contribution is 9.10. The molecule has 19 heavy (non-hydrogen) atoms. The molecule has 0 radical (unpaired) electrons. The first-order chi connectivity index (χ1) is 9.10. The van der Waals surface area contributed by atoms with E-state index >= 15 is 0 Å². The summed E-state index contributed by atoms with van der Waals surface area (Å²) in [5.41, 5.74) is 6.20. The van der Waals surface area contributed by atoms with Gasteiger partial charge in [0.1, 0.15) is 0 Å². The molecule has 0 aliphatic heterocycles. The number of hydrogen-bond donors (Lipinski definition) is 2. The Morgan fingerprint density at radius 2 is 2.05 bits per heavy atom. The molecular formula is C13H10BrClN2OS. The molecule has 0 aliphatic carbocycles. The second-order valence-electron chi connectivity index (χ2n) is 3.69. The summed E-state index contributed by atoms with van der Waals surface area (Å²) < 4.78 is 0.876. The molecular weight excluding hydrogens is 348 g/mol. The summed E-state index contributed by atoms with van der Waals surface area (Å²) in [4.78, 5) is 2.07. The van der Waals surface area contributed by atoms with Gasteiger partial charge in [-0.05, 0) is 52.3 Å². The minimum absolute atomic E-state index is 0.0833. The summed E-state index contributed by atoms with van der Waals surface area (Å²) in [7, 11) is 0. The van der Waals surface area contributed by atoms with Gasteiger partial charge < -0.3 is 10.9 Å². The summed E-state index contributed by atoms with van der Waals surface area (Å²) >= 11 is 11.0. The van der Waals surface area contributed by atoms with Crippen LogP contribution in [0.5, 0.6) is 0 Å². The SMILES string of the molecule is N/C(=N/O)c1ccc(Sc2cccc(Cl)c2)c(Br)c1. The first-order valence-corrected chi connectivity index (χ1v) is 7.30. The lowest BCUT2D eigenvalue weighted by atomic mass is 10.2. The molecule has 2 rings (SSSR count). The lowest BCUT2D eigenvalue weighted by Crippen LogP contribution is -2.12. The summed E-state index contributed by atoms with van der Waals surface area (Å²) in [5.74, 6) is 0.0833. The number of nitrogens with zero attached hydrogens (tertiary/aromatic N) is 1. The third-order valence-electron chi connectivity index (χ3n) is 2.36. The van der Waals surface area contributed by atoms with Crippen LogP contribution in [-0.2, 0) is 0 Å². The van der Waals surface area contributed by atoms with Gasteiger partial charge in [0.05, 0.1) is 0 Å². The summed E-state index contributed by atoms with van der Waals surface area (Å²) in [6, 6.07) is 13.1. The zero-order valence-corrected chi connectivity index (χ0v) is 12.8. The second kappa shape index (κ2) is 6.32. The number of amidine groups is 1. The molecule has 2 aromatic carbocycles. The van der Waals surface area contributed by atoms with Gasteiger partial charge in [0.2, 0.25) is 0 Å². The molecule has 98 valence electrons. The smallest absolute Gasteiger partial charge is 0.170 e. The van der Waals surface area contributed by atoms with Crippen LogP contribution in [0.15, 0.2) is 61.9 Å². The molecule has 6 heteroatoms. The van der Waals surface area contributed by atoms with E-state index in [2.05, 4.69) is 21.1 Å². The number of halogens is 2. The molecule has 0 heterocycles. The van der Waals surface area contributed by atoms with E-state index in [4.69, 9.17) is 22.5 Å². The quantitative estimate of drug-likeness (QED) is 0.371. The van der Waals surface area contributed by atoms with E-state index < -0.39 is 0 Å². The van der Waals surface area contributed by atoms with E-state index in [1.807, 2.05) is 36.4 Å². The van der Waals surface area contributed by atoms with Crippen LogP contribution >= 0.6 is 39.3 Å². The first-order valence-electron chi connectivity index (χ1n) is 5.31. The highest BCUT2D eigenvalue weighted by atomic mass is 79.9. The maximum Gasteiger partial charge on any atom is 0.170 e. The Hall–Kier alpha value is -1.17. The molecule has 2 aromatic rings. The second-order valence-corrected chi connectivity index (χ2v) is 6.10. The molecule has 0 saturated carbocycles. The number of rotatable bonds is 3. The standard InChI is InChI=1S/C13H10BrClN2OS/c14-11-6-8(13(16)17-18)4-5-12(11)19-10-3-1-2-9(15)7-10/h1-7,18H,(H2,16,17). The zero-order valence-electron chi connectivity index (χ0n) is 9.68. The molecule has 0 fully saturated rings. The Kier molecular flexibility index (Phi) is 4.74. The van der Waals surface area contributed by atoms with E-state index in [1.54, 1.807) is 17.8 Å². The Bertz CT molecular complexity index is 634. The van der Waals surface area contributed by atoms with Crippen LogP contribution in [0.2, 0.25) is 5.02 Å².